The van der Waals surface area contributed by atoms with E-state index in [9.17, 15) is 9.59 Å². The Hall–Kier alpha value is -3.61. The number of benzene rings is 2. The molecule has 1 aliphatic heterocycles. The van der Waals surface area contributed by atoms with Gasteiger partial charge in [-0.3, -0.25) is 9.59 Å². The van der Waals surface area contributed by atoms with E-state index in [2.05, 4.69) is 23.2 Å². The quantitative estimate of drug-likeness (QED) is 0.513. The second-order valence-corrected chi connectivity index (χ2v) is 8.79. The number of amides is 2. The summed E-state index contributed by atoms with van der Waals surface area (Å²) in [4.78, 5) is 33.0. The van der Waals surface area contributed by atoms with E-state index < -0.39 is 0 Å². The first-order valence-corrected chi connectivity index (χ1v) is 11.7. The van der Waals surface area contributed by atoms with Crippen LogP contribution in [-0.2, 0) is 17.8 Å². The highest BCUT2D eigenvalue weighted by Crippen LogP contribution is 2.37. The zero-order chi connectivity index (χ0) is 24.2. The van der Waals surface area contributed by atoms with Crippen molar-refractivity contribution in [1.82, 2.24) is 14.8 Å². The van der Waals surface area contributed by atoms with Gasteiger partial charge in [-0.25, -0.2) is 4.98 Å². The van der Waals surface area contributed by atoms with Gasteiger partial charge in [0.1, 0.15) is 12.0 Å². The molecule has 0 bridgehead atoms. The van der Waals surface area contributed by atoms with E-state index in [4.69, 9.17) is 9.15 Å². The predicted molar refractivity (Wildman–Crippen MR) is 128 cm³/mol. The van der Waals surface area contributed by atoms with Crippen molar-refractivity contribution in [2.24, 2.45) is 0 Å². The van der Waals surface area contributed by atoms with E-state index in [1.165, 1.54) is 11.8 Å². The van der Waals surface area contributed by atoms with Crippen LogP contribution >= 0.6 is 0 Å². The van der Waals surface area contributed by atoms with Crippen LogP contribution in [0.15, 0.2) is 59.2 Å². The lowest BCUT2D eigenvalue weighted by Crippen LogP contribution is -2.40. The monoisotopic (exact) mass is 461 g/mol. The van der Waals surface area contributed by atoms with Gasteiger partial charge in [-0.2, -0.15) is 0 Å². The molecule has 7 nitrogen and oxygen atoms in total. The Kier molecular flexibility index (Phi) is 7.01. The molecular weight excluding hydrogens is 430 g/mol. The van der Waals surface area contributed by atoms with Gasteiger partial charge in [0.25, 0.3) is 5.91 Å². The van der Waals surface area contributed by atoms with Crippen LogP contribution in [0.1, 0.15) is 66.3 Å². The van der Waals surface area contributed by atoms with Crippen LogP contribution in [0.2, 0.25) is 0 Å². The lowest BCUT2D eigenvalue weighted by molar-refractivity contribution is -0.132. The number of nitrogens with zero attached hydrogens (tertiary/aromatic N) is 3. The van der Waals surface area contributed by atoms with Crippen molar-refractivity contribution >= 4 is 11.8 Å². The second-order valence-electron chi connectivity index (χ2n) is 8.79. The normalized spacial score (nSPS) is 15.2. The number of ether oxygens (including phenoxy) is 1. The molecule has 0 spiro atoms. The van der Waals surface area contributed by atoms with Crippen LogP contribution in [-0.4, -0.2) is 46.2 Å². The predicted octanol–water partition coefficient (Wildman–Crippen LogP) is 4.62. The third-order valence-electron chi connectivity index (χ3n) is 6.31. The molecule has 178 valence electrons. The van der Waals surface area contributed by atoms with Crippen molar-refractivity contribution in [3.63, 3.8) is 0 Å². The number of hydrogen-bond acceptors (Lipinski definition) is 5. The Morgan fingerprint density at radius 3 is 2.68 bits per heavy atom. The van der Waals surface area contributed by atoms with Crippen LogP contribution in [0.5, 0.6) is 5.75 Å². The van der Waals surface area contributed by atoms with Crippen molar-refractivity contribution in [3.8, 4) is 5.75 Å². The van der Waals surface area contributed by atoms with Crippen molar-refractivity contribution < 1.29 is 18.7 Å². The smallest absolute Gasteiger partial charge is 0.275 e. The van der Waals surface area contributed by atoms with E-state index >= 15 is 0 Å². The summed E-state index contributed by atoms with van der Waals surface area (Å²) < 4.78 is 11.4. The second kappa shape index (κ2) is 10.1. The number of aromatic nitrogens is 1. The van der Waals surface area contributed by atoms with E-state index in [1.54, 1.807) is 11.9 Å². The lowest BCUT2D eigenvalue weighted by Gasteiger charge is -2.38. The molecular formula is C27H31N3O4. The highest BCUT2D eigenvalue weighted by Gasteiger charge is 2.31. The number of carbonyl (C=O) groups excluding carboxylic acids is 2. The number of fused-ring (bicyclic) bond motifs is 1. The maximum Gasteiger partial charge on any atom is 0.275 e. The molecule has 2 heterocycles. The molecule has 0 aliphatic carbocycles. The van der Waals surface area contributed by atoms with Gasteiger partial charge in [-0.05, 0) is 49.1 Å². The van der Waals surface area contributed by atoms with E-state index in [1.807, 2.05) is 56.0 Å². The van der Waals surface area contributed by atoms with Crippen molar-refractivity contribution in [1.29, 1.82) is 0 Å². The molecule has 1 aliphatic rings. The average molecular weight is 462 g/mol. The van der Waals surface area contributed by atoms with Gasteiger partial charge in [0, 0.05) is 26.1 Å². The maximum atomic E-state index is 12.7. The molecule has 0 radical (unpaired) electrons. The maximum absolute atomic E-state index is 12.7. The van der Waals surface area contributed by atoms with Crippen LogP contribution in [0.4, 0.5) is 0 Å². The number of hydrogen-bond donors (Lipinski definition) is 0. The fourth-order valence-corrected chi connectivity index (χ4v) is 4.19. The van der Waals surface area contributed by atoms with E-state index in [0.717, 1.165) is 17.5 Å². The fraction of sp³-hybridized carbons (Fsp3) is 0.370. The molecule has 3 aromatic rings. The summed E-state index contributed by atoms with van der Waals surface area (Å²) in [7, 11) is 1.74. The van der Waals surface area contributed by atoms with Crippen molar-refractivity contribution in [2.75, 3.05) is 13.6 Å². The van der Waals surface area contributed by atoms with E-state index in [0.29, 0.717) is 24.6 Å². The van der Waals surface area contributed by atoms with Gasteiger partial charge in [-0.15, -0.1) is 0 Å². The molecule has 2 amide bonds. The van der Waals surface area contributed by atoms with E-state index in [-0.39, 0.29) is 36.2 Å². The standard InChI is InChI=1S/C27H31N3O4/c1-5-25(31)30-14-13-19-11-12-21(15-22(19)26(30)20-9-7-6-8-10-20)33-17-24-28-23(16-34-24)27(32)29(4)18(2)3/h6-12,15-16,18,26H,5,13-14,17H2,1-4H3. The zero-order valence-corrected chi connectivity index (χ0v) is 20.2. The molecule has 4 rings (SSSR count). The van der Waals surface area contributed by atoms with Gasteiger partial charge >= 0.3 is 0 Å². The Morgan fingerprint density at radius 2 is 1.97 bits per heavy atom. The molecule has 1 unspecified atom stereocenters. The minimum absolute atomic E-state index is 0.0658. The Balaban J connectivity index is 1.55. The molecule has 2 aromatic carbocycles. The van der Waals surface area contributed by atoms with Gasteiger partial charge in [-0.1, -0.05) is 43.3 Å². The summed E-state index contributed by atoms with van der Waals surface area (Å²) in [5.41, 5.74) is 3.62. The van der Waals surface area contributed by atoms with Crippen LogP contribution in [0.3, 0.4) is 0 Å². The van der Waals surface area contributed by atoms with Crippen molar-refractivity contribution in [3.05, 3.63) is 83.1 Å². The zero-order valence-electron chi connectivity index (χ0n) is 20.2. The average Bonchev–Trinajstić information content (AvgIpc) is 3.34. The molecule has 0 saturated heterocycles. The molecule has 1 atom stereocenters. The number of rotatable bonds is 7. The third-order valence-corrected chi connectivity index (χ3v) is 6.31. The summed E-state index contributed by atoms with van der Waals surface area (Å²) >= 11 is 0. The SMILES string of the molecule is CCC(=O)N1CCc2ccc(OCc3nc(C(=O)N(C)C(C)C)co3)cc2C1c1ccccc1. The first kappa shape index (κ1) is 23.5. The first-order valence-electron chi connectivity index (χ1n) is 11.7. The molecule has 7 heteroatoms. The van der Waals surface area contributed by atoms with Crippen LogP contribution in [0, 0.1) is 0 Å². The molecule has 0 N–H and O–H groups in total. The van der Waals surface area contributed by atoms with Crippen molar-refractivity contribution in [2.45, 2.75) is 52.3 Å². The van der Waals surface area contributed by atoms with Gasteiger partial charge in [0.15, 0.2) is 12.3 Å². The van der Waals surface area contributed by atoms with Crippen LogP contribution < -0.4 is 4.74 Å². The fourth-order valence-electron chi connectivity index (χ4n) is 4.19. The van der Waals surface area contributed by atoms with Gasteiger partial charge in [0.05, 0.1) is 6.04 Å². The Morgan fingerprint density at radius 1 is 1.21 bits per heavy atom. The molecule has 0 fully saturated rings. The number of carbonyl (C=O) groups is 2. The lowest BCUT2D eigenvalue weighted by atomic mass is 9.87. The highest BCUT2D eigenvalue weighted by atomic mass is 16.5. The molecule has 34 heavy (non-hydrogen) atoms. The summed E-state index contributed by atoms with van der Waals surface area (Å²) in [6.45, 7) is 6.57. The Labute approximate surface area is 200 Å². The van der Waals surface area contributed by atoms with Crippen LogP contribution in [0.25, 0.3) is 0 Å². The third kappa shape index (κ3) is 4.83. The first-order chi connectivity index (χ1) is 16.4. The van der Waals surface area contributed by atoms with Gasteiger partial charge in [0.2, 0.25) is 11.8 Å². The Bertz CT molecular complexity index is 1160. The molecule has 1 aromatic heterocycles. The highest BCUT2D eigenvalue weighted by molar-refractivity contribution is 5.91. The topological polar surface area (TPSA) is 75.9 Å². The summed E-state index contributed by atoms with van der Waals surface area (Å²) in [5.74, 6) is 0.941. The summed E-state index contributed by atoms with van der Waals surface area (Å²) in [6.07, 6.45) is 2.64. The number of oxazole rings is 1. The minimum Gasteiger partial charge on any atom is -0.484 e. The summed E-state index contributed by atoms with van der Waals surface area (Å²) in [6, 6.07) is 16.0. The summed E-state index contributed by atoms with van der Waals surface area (Å²) in [5, 5.41) is 0. The largest absolute Gasteiger partial charge is 0.484 e. The molecule has 0 saturated carbocycles. The van der Waals surface area contributed by atoms with Gasteiger partial charge < -0.3 is 19.0 Å². The minimum atomic E-state index is -0.190.